The number of para-hydroxylation sites is 1. The summed E-state index contributed by atoms with van der Waals surface area (Å²) in [5, 5.41) is 41.8. The van der Waals surface area contributed by atoms with Crippen LogP contribution in [0.25, 0.3) is 0 Å². The first-order chi connectivity index (χ1) is 21.5. The van der Waals surface area contributed by atoms with Crippen LogP contribution >= 0.6 is 23.5 Å². The van der Waals surface area contributed by atoms with Crippen LogP contribution in [-0.4, -0.2) is 41.0 Å². The zero-order valence-corrected chi connectivity index (χ0v) is 28.1. The molecule has 236 valence electrons. The third-order valence-electron chi connectivity index (χ3n) is 7.28. The number of nitrogens with zero attached hydrogens (tertiary/aromatic N) is 3. The molecule has 10 heteroatoms. The number of carboxylic acids is 2. The minimum atomic E-state index is -0.899. The fourth-order valence-corrected chi connectivity index (χ4v) is 7.54. The van der Waals surface area contributed by atoms with E-state index in [4.69, 9.17) is 5.11 Å². The number of nitrogens with two attached hydrogens (primary N) is 1. The predicted octanol–water partition coefficient (Wildman–Crippen LogP) is 7.17. The predicted molar refractivity (Wildman–Crippen MR) is 180 cm³/mol. The van der Waals surface area contributed by atoms with Gasteiger partial charge in [0.1, 0.15) is 11.8 Å². The first kappa shape index (κ1) is 35.5. The normalized spacial score (nSPS) is 17.1. The lowest BCUT2D eigenvalue weighted by atomic mass is 9.73. The Morgan fingerprint density at radius 1 is 1.04 bits per heavy atom. The van der Waals surface area contributed by atoms with Crippen LogP contribution < -0.4 is 10.2 Å². The molecule has 4 rings (SSSR count). The van der Waals surface area contributed by atoms with Gasteiger partial charge in [0, 0.05) is 28.8 Å². The van der Waals surface area contributed by atoms with Crippen molar-refractivity contribution in [3.8, 4) is 12.1 Å². The summed E-state index contributed by atoms with van der Waals surface area (Å²) in [4.78, 5) is 26.4. The first-order valence-corrected chi connectivity index (χ1v) is 16.8. The summed E-state index contributed by atoms with van der Waals surface area (Å²) < 4.78 is 0. The highest BCUT2D eigenvalue weighted by molar-refractivity contribution is 8.03. The van der Waals surface area contributed by atoms with Gasteiger partial charge in [-0.25, -0.2) is 0 Å². The molecule has 0 fully saturated rings. The van der Waals surface area contributed by atoms with Crippen molar-refractivity contribution in [3.63, 3.8) is 0 Å². The number of allylic oxidation sites excluding steroid dienone is 4. The highest BCUT2D eigenvalue weighted by Gasteiger charge is 2.34. The smallest absolute Gasteiger partial charge is 0.309 e. The molecule has 2 aliphatic rings. The number of aryl methyl sites for hydroxylation is 1. The number of hydrogen-bond donors (Lipinski definition) is 3. The fourth-order valence-electron chi connectivity index (χ4n) is 5.30. The average Bonchev–Trinajstić information content (AvgIpc) is 3.34. The number of thioether (sulfide) groups is 2. The van der Waals surface area contributed by atoms with E-state index in [0.29, 0.717) is 36.3 Å². The standard InChI is InChI=1S/C33H34N4O4S2.C2H6/c1-21-8-9-29-27(14-21)37(13-11-31(40)41)32(43-29)25(19-35)23-15-22(16-33(2,3)17-23)24(18-34)20-42-28-7-5-4-6-26(28)36-12-10-30(38)39;1-2/h4-9,14-15,36H,10-13,16-17,20H2,1-3H3,(H,38,39)(H,40,41);1-2H3/p+1/b24-22-,32-25-;. The summed E-state index contributed by atoms with van der Waals surface area (Å²) in [6, 6.07) is 18.7. The lowest BCUT2D eigenvalue weighted by Gasteiger charge is -2.32. The van der Waals surface area contributed by atoms with Gasteiger partial charge < -0.3 is 20.4 Å². The molecule has 1 aliphatic carbocycles. The number of anilines is 1. The number of aliphatic carboxylic acids is 2. The minimum Gasteiger partial charge on any atom is -0.481 e. The van der Waals surface area contributed by atoms with E-state index in [2.05, 4.69) is 26.0 Å². The molecule has 0 saturated heterocycles. The molecule has 0 bridgehead atoms. The van der Waals surface area contributed by atoms with Crippen molar-refractivity contribution >= 4 is 46.8 Å². The van der Waals surface area contributed by atoms with Crippen molar-refractivity contribution in [2.24, 2.45) is 5.41 Å². The van der Waals surface area contributed by atoms with Crippen LogP contribution in [0.15, 0.2) is 85.7 Å². The topological polar surface area (TPSA) is 142 Å². The zero-order chi connectivity index (χ0) is 33.1. The molecule has 0 radical (unpaired) electrons. The first-order valence-electron chi connectivity index (χ1n) is 15.0. The summed E-state index contributed by atoms with van der Waals surface area (Å²) in [6.07, 6.45) is 3.33. The van der Waals surface area contributed by atoms with Gasteiger partial charge in [-0.1, -0.05) is 63.7 Å². The molecule has 0 unspecified atom stereocenters. The van der Waals surface area contributed by atoms with Crippen LogP contribution in [0.2, 0.25) is 0 Å². The highest BCUT2D eigenvalue weighted by Crippen LogP contribution is 2.50. The molecule has 0 spiro atoms. The Morgan fingerprint density at radius 3 is 2.42 bits per heavy atom. The monoisotopic (exact) mass is 645 g/mol. The number of hydrogen-bond acceptors (Lipinski definition) is 7. The number of quaternary nitrogens is 1. The van der Waals surface area contributed by atoms with E-state index < -0.39 is 11.9 Å². The van der Waals surface area contributed by atoms with Crippen LogP contribution in [0.5, 0.6) is 0 Å². The van der Waals surface area contributed by atoms with Crippen molar-refractivity contribution < 1.29 is 25.1 Å². The van der Waals surface area contributed by atoms with Gasteiger partial charge in [-0.2, -0.15) is 10.5 Å². The number of benzene rings is 2. The molecular weight excluding hydrogens is 605 g/mol. The van der Waals surface area contributed by atoms with Crippen LogP contribution in [-0.2, 0) is 9.59 Å². The maximum Gasteiger partial charge on any atom is 0.309 e. The SMILES string of the molecule is CC.Cc1ccc2c(c1)N(CCC(=O)O)/C(=C(\C#N)C1=C/C(=C(\C#N)CSc3ccccc3[NH2+]CCC(=O)O)CC(C)(C)C1)S2. The maximum absolute atomic E-state index is 11.5. The molecule has 2 aromatic rings. The molecule has 0 amide bonds. The summed E-state index contributed by atoms with van der Waals surface area (Å²) >= 11 is 3.03. The van der Waals surface area contributed by atoms with Crippen molar-refractivity contribution in [1.82, 2.24) is 0 Å². The molecule has 0 aromatic heterocycles. The van der Waals surface area contributed by atoms with Gasteiger partial charge in [0.15, 0.2) is 0 Å². The van der Waals surface area contributed by atoms with Gasteiger partial charge in [0.05, 0.1) is 46.6 Å². The number of nitriles is 2. The molecular formula is C35H41N4O4S2+. The Kier molecular flexibility index (Phi) is 12.9. The molecule has 0 saturated carbocycles. The van der Waals surface area contributed by atoms with Crippen LogP contribution in [0.1, 0.15) is 58.9 Å². The van der Waals surface area contributed by atoms with Gasteiger partial charge in [-0.3, -0.25) is 9.59 Å². The zero-order valence-electron chi connectivity index (χ0n) is 26.5. The van der Waals surface area contributed by atoms with Gasteiger partial charge in [0.2, 0.25) is 0 Å². The number of carboxylic acid groups (broad SMARTS) is 2. The quantitative estimate of drug-likeness (QED) is 0.132. The van der Waals surface area contributed by atoms with E-state index in [0.717, 1.165) is 42.9 Å². The Balaban J connectivity index is 0.00000271. The lowest BCUT2D eigenvalue weighted by Crippen LogP contribution is -2.78. The van der Waals surface area contributed by atoms with Gasteiger partial charge in [0.25, 0.3) is 0 Å². The van der Waals surface area contributed by atoms with E-state index >= 15 is 0 Å². The van der Waals surface area contributed by atoms with Crippen LogP contribution in [0, 0.1) is 35.0 Å². The van der Waals surface area contributed by atoms with E-state index in [-0.39, 0.29) is 24.8 Å². The average molecular weight is 646 g/mol. The molecule has 1 aliphatic heterocycles. The van der Waals surface area contributed by atoms with E-state index in [1.165, 1.54) is 11.8 Å². The van der Waals surface area contributed by atoms with Gasteiger partial charge in [-0.15, -0.1) is 11.8 Å². The third kappa shape index (κ3) is 9.51. The largest absolute Gasteiger partial charge is 0.481 e. The molecule has 1 heterocycles. The van der Waals surface area contributed by atoms with Crippen molar-refractivity contribution in [1.29, 1.82) is 10.5 Å². The second-order valence-electron chi connectivity index (χ2n) is 11.4. The van der Waals surface area contributed by atoms with Crippen molar-refractivity contribution in [2.45, 2.75) is 70.1 Å². The highest BCUT2D eigenvalue weighted by atomic mass is 32.2. The van der Waals surface area contributed by atoms with E-state index in [1.807, 2.05) is 79.5 Å². The Morgan fingerprint density at radius 2 is 1.76 bits per heavy atom. The second kappa shape index (κ2) is 16.4. The molecule has 0 atom stereocenters. The summed E-state index contributed by atoms with van der Waals surface area (Å²) in [5.74, 6) is -1.30. The molecule has 4 N–H and O–H groups in total. The Bertz CT molecular complexity index is 1610. The summed E-state index contributed by atoms with van der Waals surface area (Å²) in [5.41, 5.74) is 5.61. The summed E-state index contributed by atoms with van der Waals surface area (Å²) in [7, 11) is 0. The van der Waals surface area contributed by atoms with Crippen molar-refractivity contribution in [2.75, 3.05) is 23.7 Å². The number of rotatable bonds is 11. The maximum atomic E-state index is 11.5. The molecule has 2 aromatic carbocycles. The van der Waals surface area contributed by atoms with E-state index in [1.54, 1.807) is 11.8 Å². The molecule has 45 heavy (non-hydrogen) atoms. The summed E-state index contributed by atoms with van der Waals surface area (Å²) in [6.45, 7) is 10.9. The van der Waals surface area contributed by atoms with Gasteiger partial charge in [-0.05, 0) is 60.1 Å². The Labute approximate surface area is 274 Å². The third-order valence-corrected chi connectivity index (χ3v) is 9.57. The van der Waals surface area contributed by atoms with Gasteiger partial charge >= 0.3 is 11.9 Å². The van der Waals surface area contributed by atoms with Crippen molar-refractivity contribution in [3.05, 3.63) is 81.4 Å². The molecule has 8 nitrogen and oxygen atoms in total. The number of fused-ring (bicyclic) bond motifs is 1. The van der Waals surface area contributed by atoms with E-state index in [9.17, 15) is 25.2 Å². The number of carbonyl (C=O) groups is 2. The lowest BCUT2D eigenvalue weighted by molar-refractivity contribution is -0.572. The fraction of sp³-hybridized carbons (Fsp3) is 0.371. The second-order valence-corrected chi connectivity index (χ2v) is 13.5. The van der Waals surface area contributed by atoms with Crippen LogP contribution in [0.3, 0.4) is 0 Å². The minimum absolute atomic E-state index is 0.0581. The Hall–Kier alpha value is -3.96. The van der Waals surface area contributed by atoms with Crippen LogP contribution in [0.4, 0.5) is 11.4 Å².